The highest BCUT2D eigenvalue weighted by atomic mass is 14.6. The van der Waals surface area contributed by atoms with Crippen LogP contribution in [-0.2, 0) is 0 Å². The van der Waals surface area contributed by atoms with Crippen molar-refractivity contribution in [2.75, 3.05) is 0 Å². The van der Waals surface area contributed by atoms with Crippen LogP contribution in [0, 0.1) is 0 Å². The molecule has 0 amide bonds. The second-order valence-corrected chi connectivity index (χ2v) is 4.14. The molecule has 2 aromatic carbocycles. The minimum atomic E-state index is 0.0589. The first-order chi connectivity index (χ1) is 7.79. The van der Waals surface area contributed by atoms with Crippen LogP contribution in [0.25, 0.3) is 0 Å². The minimum absolute atomic E-state index is 0.0589. The summed E-state index contributed by atoms with van der Waals surface area (Å²) in [6, 6.07) is 20.7. The highest BCUT2D eigenvalue weighted by Crippen LogP contribution is 2.27. The highest BCUT2D eigenvalue weighted by Gasteiger charge is 2.15. The molecule has 0 aliphatic rings. The molecule has 1 nitrogen and oxygen atoms in total. The Balaban J connectivity index is 2.20. The Morgan fingerprint density at radius 2 is 1.19 bits per heavy atom. The lowest BCUT2D eigenvalue weighted by Crippen LogP contribution is -2.17. The molecule has 0 bridgehead atoms. The Labute approximate surface area is 96.9 Å². The molecule has 0 unspecified atom stereocenters. The fraction of sp³-hybridized carbons (Fsp3) is 0.200. The number of nitrogens with two attached hydrogens (primary N) is 1. The Hall–Kier alpha value is -1.60. The fourth-order valence-electron chi connectivity index (χ4n) is 1.93. The van der Waals surface area contributed by atoms with E-state index in [9.17, 15) is 0 Å². The lowest BCUT2D eigenvalue weighted by molar-refractivity contribution is 0.598. The van der Waals surface area contributed by atoms with Crippen molar-refractivity contribution in [2.45, 2.75) is 18.9 Å². The van der Waals surface area contributed by atoms with Crippen molar-refractivity contribution in [1.29, 1.82) is 0 Å². The molecule has 82 valence electrons. The number of hydrogen-bond acceptors (Lipinski definition) is 1. The molecule has 2 aromatic rings. The summed E-state index contributed by atoms with van der Waals surface area (Å²) in [5, 5.41) is 0. The summed E-state index contributed by atoms with van der Waals surface area (Å²) in [6.45, 7) is 2.17. The predicted molar refractivity (Wildman–Crippen MR) is 68.2 cm³/mol. The largest absolute Gasteiger partial charge is 0.323 e. The summed E-state index contributed by atoms with van der Waals surface area (Å²) in [7, 11) is 0. The lowest BCUT2D eigenvalue weighted by atomic mass is 9.89. The topological polar surface area (TPSA) is 26.0 Å². The first kappa shape index (κ1) is 10.9. The summed E-state index contributed by atoms with van der Waals surface area (Å²) < 4.78 is 0. The normalized spacial score (nSPS) is 14.4. The molecule has 2 rings (SSSR count). The average molecular weight is 211 g/mol. The zero-order chi connectivity index (χ0) is 11.4. The predicted octanol–water partition coefficient (Wildman–Crippen LogP) is 3.49. The maximum atomic E-state index is 6.27. The lowest BCUT2D eigenvalue weighted by Gasteiger charge is -2.20. The van der Waals surface area contributed by atoms with Gasteiger partial charge < -0.3 is 5.73 Å². The van der Waals surface area contributed by atoms with E-state index in [-0.39, 0.29) is 6.04 Å². The van der Waals surface area contributed by atoms with E-state index in [0.717, 1.165) is 0 Å². The molecule has 0 aliphatic heterocycles. The Morgan fingerprint density at radius 1 is 0.750 bits per heavy atom. The average Bonchev–Trinajstić information content (AvgIpc) is 2.39. The van der Waals surface area contributed by atoms with Gasteiger partial charge in [-0.05, 0) is 11.1 Å². The van der Waals surface area contributed by atoms with Gasteiger partial charge >= 0.3 is 0 Å². The van der Waals surface area contributed by atoms with Crippen LogP contribution in [0.1, 0.15) is 30.0 Å². The quantitative estimate of drug-likeness (QED) is 0.826. The van der Waals surface area contributed by atoms with E-state index in [0.29, 0.717) is 5.92 Å². The van der Waals surface area contributed by atoms with Crippen molar-refractivity contribution < 1.29 is 0 Å². The zero-order valence-corrected chi connectivity index (χ0v) is 9.51. The summed E-state index contributed by atoms with van der Waals surface area (Å²) in [6.07, 6.45) is 0. The number of rotatable bonds is 3. The van der Waals surface area contributed by atoms with Gasteiger partial charge in [-0.3, -0.25) is 0 Å². The van der Waals surface area contributed by atoms with Gasteiger partial charge in [0.2, 0.25) is 0 Å². The van der Waals surface area contributed by atoms with Gasteiger partial charge in [0.1, 0.15) is 0 Å². The van der Waals surface area contributed by atoms with Crippen molar-refractivity contribution in [3.05, 3.63) is 71.8 Å². The maximum Gasteiger partial charge on any atom is 0.0361 e. The summed E-state index contributed by atoms with van der Waals surface area (Å²) in [5.74, 6) is 0.337. The molecule has 2 atom stereocenters. The Bertz CT molecular complexity index is 378. The van der Waals surface area contributed by atoms with E-state index in [4.69, 9.17) is 5.73 Å². The molecule has 0 aromatic heterocycles. The van der Waals surface area contributed by atoms with Gasteiger partial charge in [-0.2, -0.15) is 0 Å². The molecule has 1 heteroatoms. The summed E-state index contributed by atoms with van der Waals surface area (Å²) >= 11 is 0. The third kappa shape index (κ3) is 2.31. The zero-order valence-electron chi connectivity index (χ0n) is 9.51. The van der Waals surface area contributed by atoms with Crippen LogP contribution < -0.4 is 5.73 Å². The van der Waals surface area contributed by atoms with Crippen molar-refractivity contribution >= 4 is 0 Å². The smallest absolute Gasteiger partial charge is 0.0361 e. The number of benzene rings is 2. The van der Waals surface area contributed by atoms with Crippen LogP contribution >= 0.6 is 0 Å². The van der Waals surface area contributed by atoms with Crippen molar-refractivity contribution in [3.8, 4) is 0 Å². The van der Waals surface area contributed by atoms with Gasteiger partial charge in [0.05, 0.1) is 0 Å². The van der Waals surface area contributed by atoms with Gasteiger partial charge in [0, 0.05) is 12.0 Å². The second kappa shape index (κ2) is 4.95. The molecule has 0 saturated carbocycles. The van der Waals surface area contributed by atoms with Gasteiger partial charge in [-0.1, -0.05) is 67.6 Å². The molecule has 16 heavy (non-hydrogen) atoms. The molecular weight excluding hydrogens is 194 g/mol. The third-order valence-electron chi connectivity index (χ3n) is 3.05. The van der Waals surface area contributed by atoms with Crippen LogP contribution in [0.3, 0.4) is 0 Å². The monoisotopic (exact) mass is 211 g/mol. The van der Waals surface area contributed by atoms with Crippen molar-refractivity contribution in [3.63, 3.8) is 0 Å². The minimum Gasteiger partial charge on any atom is -0.323 e. The molecule has 0 aliphatic carbocycles. The van der Waals surface area contributed by atoms with E-state index < -0.39 is 0 Å². The van der Waals surface area contributed by atoms with Crippen LogP contribution in [-0.4, -0.2) is 0 Å². The second-order valence-electron chi connectivity index (χ2n) is 4.14. The first-order valence-electron chi connectivity index (χ1n) is 5.64. The van der Waals surface area contributed by atoms with Crippen LogP contribution in [0.2, 0.25) is 0 Å². The van der Waals surface area contributed by atoms with E-state index in [1.54, 1.807) is 0 Å². The Kier molecular flexibility index (Phi) is 3.37. The van der Waals surface area contributed by atoms with E-state index in [1.165, 1.54) is 11.1 Å². The molecule has 0 heterocycles. The van der Waals surface area contributed by atoms with Crippen LogP contribution in [0.15, 0.2) is 60.7 Å². The highest BCUT2D eigenvalue weighted by molar-refractivity contribution is 5.26. The SMILES string of the molecule is C[C@@H](c1ccccc1)[C@H](N)c1ccccc1. The first-order valence-corrected chi connectivity index (χ1v) is 5.64. The third-order valence-corrected chi connectivity index (χ3v) is 3.05. The molecule has 0 saturated heterocycles. The van der Waals surface area contributed by atoms with Crippen LogP contribution in [0.4, 0.5) is 0 Å². The van der Waals surface area contributed by atoms with Gasteiger partial charge in [0.15, 0.2) is 0 Å². The fourth-order valence-corrected chi connectivity index (χ4v) is 1.93. The molecular formula is C15H17N. The molecule has 2 N–H and O–H groups in total. The van der Waals surface area contributed by atoms with E-state index >= 15 is 0 Å². The van der Waals surface area contributed by atoms with E-state index in [1.807, 2.05) is 24.3 Å². The number of hydrogen-bond donors (Lipinski definition) is 1. The van der Waals surface area contributed by atoms with Gasteiger partial charge in [-0.15, -0.1) is 0 Å². The van der Waals surface area contributed by atoms with Gasteiger partial charge in [0.25, 0.3) is 0 Å². The van der Waals surface area contributed by atoms with Crippen molar-refractivity contribution in [2.24, 2.45) is 5.73 Å². The van der Waals surface area contributed by atoms with Gasteiger partial charge in [-0.25, -0.2) is 0 Å². The van der Waals surface area contributed by atoms with E-state index in [2.05, 4.69) is 43.3 Å². The molecule has 0 fully saturated rings. The summed E-state index contributed by atoms with van der Waals surface area (Å²) in [5.41, 5.74) is 8.75. The Morgan fingerprint density at radius 3 is 1.69 bits per heavy atom. The van der Waals surface area contributed by atoms with Crippen molar-refractivity contribution in [1.82, 2.24) is 0 Å². The molecule has 0 spiro atoms. The molecule has 0 radical (unpaired) electrons. The summed E-state index contributed by atoms with van der Waals surface area (Å²) in [4.78, 5) is 0. The standard InChI is InChI=1S/C15H17N/c1-12(13-8-4-2-5-9-13)15(16)14-10-6-3-7-11-14/h2-12,15H,16H2,1H3/t12-,15-/m0/s1. The van der Waals surface area contributed by atoms with Crippen LogP contribution in [0.5, 0.6) is 0 Å². The maximum absolute atomic E-state index is 6.27.